The van der Waals surface area contributed by atoms with Crippen LogP contribution in [-0.4, -0.2) is 40.9 Å². The lowest BCUT2D eigenvalue weighted by Gasteiger charge is -2.44. The molecule has 5 atom stereocenters. The zero-order valence-electron chi connectivity index (χ0n) is 10.6. The molecule has 0 spiro atoms. The van der Waals surface area contributed by atoms with Crippen LogP contribution in [0.4, 0.5) is 0 Å². The van der Waals surface area contributed by atoms with Crippen molar-refractivity contribution >= 4 is 0 Å². The molecule has 0 aromatic heterocycles. The van der Waals surface area contributed by atoms with Gasteiger partial charge in [-0.25, -0.2) is 0 Å². The van der Waals surface area contributed by atoms with Crippen molar-refractivity contribution in [1.29, 1.82) is 0 Å². The van der Waals surface area contributed by atoms with Gasteiger partial charge in [0, 0.05) is 6.42 Å². The Morgan fingerprint density at radius 3 is 2.79 bits per heavy atom. The number of rotatable bonds is 3. The van der Waals surface area contributed by atoms with Crippen molar-refractivity contribution in [2.45, 2.75) is 30.5 Å². The van der Waals surface area contributed by atoms with Crippen molar-refractivity contribution in [2.24, 2.45) is 5.92 Å². The van der Waals surface area contributed by atoms with E-state index in [1.165, 1.54) is 0 Å². The van der Waals surface area contributed by atoms with Crippen LogP contribution < -0.4 is 0 Å². The second-order valence-corrected chi connectivity index (χ2v) is 5.24. The Hall–Kier alpha value is -1.20. The van der Waals surface area contributed by atoms with E-state index in [1.54, 1.807) is 6.08 Å². The standard InChI is InChI=1S/C15H18O4/c1-2-11-13(16)15(17,12-9-18-14(11)19-12)8-10-6-4-3-5-7-10/h2-7,11-14,16-17H,1,8-9H2/t11-,12+,13+,14+,15+/m0/s1. The molecule has 3 rings (SSSR count). The van der Waals surface area contributed by atoms with Gasteiger partial charge in [0.25, 0.3) is 0 Å². The highest BCUT2D eigenvalue weighted by molar-refractivity contribution is 5.21. The maximum atomic E-state index is 10.9. The lowest BCUT2D eigenvalue weighted by atomic mass is 9.77. The third kappa shape index (κ3) is 2.01. The summed E-state index contributed by atoms with van der Waals surface area (Å²) in [5, 5.41) is 21.3. The second kappa shape index (κ2) is 4.72. The van der Waals surface area contributed by atoms with Crippen molar-refractivity contribution in [1.82, 2.24) is 0 Å². The van der Waals surface area contributed by atoms with Gasteiger partial charge >= 0.3 is 0 Å². The summed E-state index contributed by atoms with van der Waals surface area (Å²) in [6.45, 7) is 3.99. The molecule has 2 fully saturated rings. The summed E-state index contributed by atoms with van der Waals surface area (Å²) in [5.41, 5.74) is -0.381. The third-order valence-electron chi connectivity index (χ3n) is 4.06. The van der Waals surface area contributed by atoms with Crippen molar-refractivity contribution < 1.29 is 19.7 Å². The number of aliphatic hydroxyl groups excluding tert-OH is 1. The molecule has 0 radical (unpaired) electrons. The van der Waals surface area contributed by atoms with Crippen LogP contribution in [0.1, 0.15) is 5.56 Å². The first-order valence-corrected chi connectivity index (χ1v) is 6.49. The fourth-order valence-electron chi connectivity index (χ4n) is 2.94. The average Bonchev–Trinajstić information content (AvgIpc) is 2.87. The van der Waals surface area contributed by atoms with Gasteiger partial charge < -0.3 is 19.7 Å². The van der Waals surface area contributed by atoms with E-state index in [9.17, 15) is 10.2 Å². The normalized spacial score (nSPS) is 41.2. The number of benzene rings is 1. The van der Waals surface area contributed by atoms with Crippen LogP contribution in [0.25, 0.3) is 0 Å². The van der Waals surface area contributed by atoms with Gasteiger partial charge in [0.15, 0.2) is 6.29 Å². The van der Waals surface area contributed by atoms with E-state index in [0.29, 0.717) is 13.0 Å². The first-order valence-electron chi connectivity index (χ1n) is 6.49. The fourth-order valence-corrected chi connectivity index (χ4v) is 2.94. The molecule has 4 nitrogen and oxygen atoms in total. The number of aliphatic hydroxyl groups is 2. The maximum Gasteiger partial charge on any atom is 0.167 e. The van der Waals surface area contributed by atoms with Crippen LogP contribution in [0.3, 0.4) is 0 Å². The molecule has 2 bridgehead atoms. The smallest absolute Gasteiger partial charge is 0.167 e. The summed E-state index contributed by atoms with van der Waals surface area (Å²) in [6, 6.07) is 9.59. The van der Waals surface area contributed by atoms with E-state index in [-0.39, 0.29) is 0 Å². The van der Waals surface area contributed by atoms with E-state index in [1.807, 2.05) is 30.3 Å². The van der Waals surface area contributed by atoms with Gasteiger partial charge in [-0.15, -0.1) is 6.58 Å². The maximum absolute atomic E-state index is 10.9. The lowest BCUT2D eigenvalue weighted by Crippen LogP contribution is -2.61. The monoisotopic (exact) mass is 262 g/mol. The number of ether oxygens (including phenoxy) is 2. The highest BCUT2D eigenvalue weighted by Crippen LogP contribution is 2.41. The molecule has 1 aromatic rings. The van der Waals surface area contributed by atoms with Gasteiger partial charge in [0.05, 0.1) is 18.6 Å². The van der Waals surface area contributed by atoms with Crippen molar-refractivity contribution in [3.05, 3.63) is 48.6 Å². The van der Waals surface area contributed by atoms with E-state index in [0.717, 1.165) is 5.56 Å². The van der Waals surface area contributed by atoms with Crippen molar-refractivity contribution in [3.8, 4) is 0 Å². The van der Waals surface area contributed by atoms with Gasteiger partial charge in [0.1, 0.15) is 11.7 Å². The van der Waals surface area contributed by atoms with Gasteiger partial charge in [-0.2, -0.15) is 0 Å². The predicted molar refractivity (Wildman–Crippen MR) is 69.4 cm³/mol. The summed E-state index contributed by atoms with van der Waals surface area (Å²) in [4.78, 5) is 0. The topological polar surface area (TPSA) is 58.9 Å². The van der Waals surface area contributed by atoms with Crippen LogP contribution in [0, 0.1) is 5.92 Å². The van der Waals surface area contributed by atoms with E-state index >= 15 is 0 Å². The summed E-state index contributed by atoms with van der Waals surface area (Å²) in [5.74, 6) is -0.410. The second-order valence-electron chi connectivity index (χ2n) is 5.24. The largest absolute Gasteiger partial charge is 0.389 e. The molecule has 4 heteroatoms. The van der Waals surface area contributed by atoms with Crippen LogP contribution in [0.15, 0.2) is 43.0 Å². The highest BCUT2D eigenvalue weighted by Gasteiger charge is 2.57. The molecule has 102 valence electrons. The Morgan fingerprint density at radius 1 is 1.37 bits per heavy atom. The zero-order valence-corrected chi connectivity index (χ0v) is 10.6. The van der Waals surface area contributed by atoms with E-state index < -0.39 is 30.0 Å². The minimum absolute atomic E-state index is 0.301. The number of fused-ring (bicyclic) bond motifs is 2. The Labute approximate surface area is 112 Å². The molecule has 2 saturated heterocycles. The quantitative estimate of drug-likeness (QED) is 0.794. The molecule has 2 aliphatic heterocycles. The van der Waals surface area contributed by atoms with E-state index in [2.05, 4.69) is 6.58 Å². The first kappa shape index (κ1) is 12.8. The van der Waals surface area contributed by atoms with Crippen LogP contribution in [0.2, 0.25) is 0 Å². The highest BCUT2D eigenvalue weighted by atomic mass is 16.7. The van der Waals surface area contributed by atoms with Crippen molar-refractivity contribution in [2.75, 3.05) is 6.61 Å². The molecular weight excluding hydrogens is 244 g/mol. The number of hydrogen-bond donors (Lipinski definition) is 2. The molecule has 0 saturated carbocycles. The molecule has 0 amide bonds. The molecule has 19 heavy (non-hydrogen) atoms. The zero-order chi connectivity index (χ0) is 13.5. The minimum atomic E-state index is -1.34. The van der Waals surface area contributed by atoms with Crippen LogP contribution in [0.5, 0.6) is 0 Å². The molecule has 0 aliphatic carbocycles. The SMILES string of the molecule is C=C[C@@H]1[C@@H]2OC[C@@H](O2)[C@](O)(Cc2ccccc2)[C@@H]1O. The van der Waals surface area contributed by atoms with Gasteiger partial charge in [-0.05, 0) is 5.56 Å². The van der Waals surface area contributed by atoms with Crippen LogP contribution >= 0.6 is 0 Å². The van der Waals surface area contributed by atoms with E-state index in [4.69, 9.17) is 9.47 Å². The minimum Gasteiger partial charge on any atom is -0.389 e. The summed E-state index contributed by atoms with van der Waals surface area (Å²) < 4.78 is 11.1. The van der Waals surface area contributed by atoms with Crippen LogP contribution in [-0.2, 0) is 15.9 Å². The number of hydrogen-bond acceptors (Lipinski definition) is 4. The van der Waals surface area contributed by atoms with Gasteiger partial charge in [0.2, 0.25) is 0 Å². The first-order chi connectivity index (χ1) is 9.15. The third-order valence-corrected chi connectivity index (χ3v) is 4.06. The Balaban J connectivity index is 1.90. The Kier molecular flexibility index (Phi) is 3.19. The molecule has 0 unspecified atom stereocenters. The molecule has 1 aromatic carbocycles. The Morgan fingerprint density at radius 2 is 2.11 bits per heavy atom. The molecular formula is C15H18O4. The Bertz CT molecular complexity index is 460. The lowest BCUT2D eigenvalue weighted by molar-refractivity contribution is -0.237. The molecule has 2 aliphatic rings. The van der Waals surface area contributed by atoms with Crippen molar-refractivity contribution in [3.63, 3.8) is 0 Å². The van der Waals surface area contributed by atoms with Gasteiger partial charge in [-0.3, -0.25) is 0 Å². The molecule has 2 heterocycles. The fraction of sp³-hybridized carbons (Fsp3) is 0.467. The summed E-state index contributed by atoms with van der Waals surface area (Å²) in [7, 11) is 0. The average molecular weight is 262 g/mol. The molecule has 2 N–H and O–H groups in total. The summed E-state index contributed by atoms with van der Waals surface area (Å²) in [6.07, 6.45) is 0.00124. The summed E-state index contributed by atoms with van der Waals surface area (Å²) >= 11 is 0. The van der Waals surface area contributed by atoms with Gasteiger partial charge in [-0.1, -0.05) is 36.4 Å². The predicted octanol–water partition coefficient (Wildman–Crippen LogP) is 0.878.